The molecule has 1 amide bonds. The monoisotopic (exact) mass is 355 g/mol. The molecule has 2 aromatic rings. The SMILES string of the molecule is C=CCOc1ccc(C(=O)NCCOc2ccc(C)cc2C)cc1OC. The summed E-state index contributed by atoms with van der Waals surface area (Å²) in [6.45, 7) is 8.83. The minimum atomic E-state index is -0.192. The van der Waals surface area contributed by atoms with Gasteiger partial charge >= 0.3 is 0 Å². The third-order valence-electron chi connectivity index (χ3n) is 3.76. The zero-order valence-electron chi connectivity index (χ0n) is 15.5. The maximum atomic E-state index is 12.3. The van der Waals surface area contributed by atoms with Gasteiger partial charge in [-0.05, 0) is 43.7 Å². The zero-order valence-corrected chi connectivity index (χ0v) is 15.5. The molecule has 138 valence electrons. The lowest BCUT2D eigenvalue weighted by atomic mass is 10.1. The van der Waals surface area contributed by atoms with Gasteiger partial charge in [0.1, 0.15) is 19.0 Å². The number of rotatable bonds is 9. The van der Waals surface area contributed by atoms with E-state index in [2.05, 4.69) is 18.0 Å². The van der Waals surface area contributed by atoms with Crippen LogP contribution in [0.4, 0.5) is 0 Å². The van der Waals surface area contributed by atoms with Crippen molar-refractivity contribution in [1.82, 2.24) is 5.32 Å². The topological polar surface area (TPSA) is 56.8 Å². The van der Waals surface area contributed by atoms with E-state index in [0.717, 1.165) is 11.3 Å². The van der Waals surface area contributed by atoms with Crippen LogP contribution in [0, 0.1) is 13.8 Å². The maximum Gasteiger partial charge on any atom is 0.251 e. The molecular formula is C21H25NO4. The lowest BCUT2D eigenvalue weighted by Crippen LogP contribution is -2.28. The molecule has 5 nitrogen and oxygen atoms in total. The Morgan fingerprint density at radius 1 is 1.08 bits per heavy atom. The zero-order chi connectivity index (χ0) is 18.9. The van der Waals surface area contributed by atoms with Gasteiger partial charge in [0.2, 0.25) is 0 Å². The first-order valence-electron chi connectivity index (χ1n) is 8.45. The number of aryl methyl sites for hydroxylation is 2. The van der Waals surface area contributed by atoms with Crippen molar-refractivity contribution >= 4 is 5.91 Å². The first kappa shape index (κ1) is 19.4. The van der Waals surface area contributed by atoms with Crippen LogP contribution in [-0.2, 0) is 0 Å². The van der Waals surface area contributed by atoms with Crippen molar-refractivity contribution in [2.75, 3.05) is 26.9 Å². The summed E-state index contributed by atoms with van der Waals surface area (Å²) in [6.07, 6.45) is 1.65. The van der Waals surface area contributed by atoms with Gasteiger partial charge in [0, 0.05) is 5.56 Å². The second-order valence-corrected chi connectivity index (χ2v) is 5.84. The Morgan fingerprint density at radius 3 is 2.54 bits per heavy atom. The summed E-state index contributed by atoms with van der Waals surface area (Å²) in [6, 6.07) is 11.1. The summed E-state index contributed by atoms with van der Waals surface area (Å²) >= 11 is 0. The van der Waals surface area contributed by atoms with E-state index in [4.69, 9.17) is 14.2 Å². The molecule has 0 aliphatic carbocycles. The van der Waals surface area contributed by atoms with E-state index in [1.54, 1.807) is 24.3 Å². The number of benzene rings is 2. The first-order valence-corrected chi connectivity index (χ1v) is 8.45. The first-order chi connectivity index (χ1) is 12.5. The molecule has 1 N–H and O–H groups in total. The van der Waals surface area contributed by atoms with Crippen LogP contribution < -0.4 is 19.5 Å². The highest BCUT2D eigenvalue weighted by atomic mass is 16.5. The third-order valence-corrected chi connectivity index (χ3v) is 3.76. The molecule has 5 heteroatoms. The van der Waals surface area contributed by atoms with Gasteiger partial charge in [0.25, 0.3) is 5.91 Å². The lowest BCUT2D eigenvalue weighted by Gasteiger charge is -2.12. The largest absolute Gasteiger partial charge is 0.493 e. The van der Waals surface area contributed by atoms with Gasteiger partial charge < -0.3 is 19.5 Å². The molecule has 0 aromatic heterocycles. The molecule has 0 saturated carbocycles. The van der Waals surface area contributed by atoms with E-state index in [1.165, 1.54) is 12.7 Å². The van der Waals surface area contributed by atoms with Gasteiger partial charge in [-0.3, -0.25) is 4.79 Å². The highest BCUT2D eigenvalue weighted by molar-refractivity contribution is 5.94. The fourth-order valence-corrected chi connectivity index (χ4v) is 2.47. The summed E-state index contributed by atoms with van der Waals surface area (Å²) in [4.78, 5) is 12.3. The summed E-state index contributed by atoms with van der Waals surface area (Å²) < 4.78 is 16.5. The minimum Gasteiger partial charge on any atom is -0.493 e. The number of nitrogens with one attached hydrogen (secondary N) is 1. The molecule has 0 spiro atoms. The summed E-state index contributed by atoms with van der Waals surface area (Å²) in [5.74, 6) is 1.71. The number of carbonyl (C=O) groups excluding carboxylic acids is 1. The average molecular weight is 355 g/mol. The molecule has 0 heterocycles. The molecule has 0 fully saturated rings. The van der Waals surface area contributed by atoms with Gasteiger partial charge in [0.15, 0.2) is 11.5 Å². The van der Waals surface area contributed by atoms with Crippen LogP contribution in [0.25, 0.3) is 0 Å². The van der Waals surface area contributed by atoms with E-state index in [0.29, 0.717) is 36.8 Å². The predicted octanol–water partition coefficient (Wildman–Crippen LogP) is 3.69. The second kappa shape index (κ2) is 9.51. The van der Waals surface area contributed by atoms with Crippen molar-refractivity contribution in [3.63, 3.8) is 0 Å². The number of hydrogen-bond donors (Lipinski definition) is 1. The molecule has 0 aliphatic heterocycles. The Balaban J connectivity index is 1.88. The Hall–Kier alpha value is -2.95. The number of amides is 1. The van der Waals surface area contributed by atoms with Crippen LogP contribution in [0.1, 0.15) is 21.5 Å². The standard InChI is InChI=1S/C21H25NO4/c1-5-11-25-19-9-7-17(14-20(19)24-4)21(23)22-10-12-26-18-8-6-15(2)13-16(18)3/h5-9,13-14H,1,10-12H2,2-4H3,(H,22,23). The van der Waals surface area contributed by atoms with E-state index < -0.39 is 0 Å². The molecule has 0 bridgehead atoms. The second-order valence-electron chi connectivity index (χ2n) is 5.84. The Labute approximate surface area is 154 Å². The molecule has 0 saturated heterocycles. The van der Waals surface area contributed by atoms with Gasteiger partial charge in [-0.15, -0.1) is 0 Å². The lowest BCUT2D eigenvalue weighted by molar-refractivity contribution is 0.0946. The number of carbonyl (C=O) groups is 1. The van der Waals surface area contributed by atoms with Crippen LogP contribution in [0.2, 0.25) is 0 Å². The summed E-state index contributed by atoms with van der Waals surface area (Å²) in [5, 5.41) is 2.84. The van der Waals surface area contributed by atoms with Crippen LogP contribution >= 0.6 is 0 Å². The summed E-state index contributed by atoms with van der Waals surface area (Å²) in [5.41, 5.74) is 2.77. The fraction of sp³-hybridized carbons (Fsp3) is 0.286. The molecule has 0 atom stereocenters. The fourth-order valence-electron chi connectivity index (χ4n) is 2.47. The molecule has 0 aliphatic rings. The van der Waals surface area contributed by atoms with Crippen LogP contribution in [0.5, 0.6) is 17.2 Å². The molecule has 2 aromatic carbocycles. The summed E-state index contributed by atoms with van der Waals surface area (Å²) in [7, 11) is 1.54. The van der Waals surface area contributed by atoms with Crippen molar-refractivity contribution in [2.45, 2.75) is 13.8 Å². The quantitative estimate of drug-likeness (QED) is 0.551. The molecule has 2 rings (SSSR count). The molecular weight excluding hydrogens is 330 g/mol. The van der Waals surface area contributed by atoms with Gasteiger partial charge in [0.05, 0.1) is 13.7 Å². The van der Waals surface area contributed by atoms with Gasteiger partial charge in [-0.1, -0.05) is 30.4 Å². The minimum absolute atomic E-state index is 0.192. The Kier molecular flexibility index (Phi) is 7.09. The third kappa shape index (κ3) is 5.28. The molecule has 26 heavy (non-hydrogen) atoms. The predicted molar refractivity (Wildman–Crippen MR) is 102 cm³/mol. The maximum absolute atomic E-state index is 12.3. The van der Waals surface area contributed by atoms with Crippen molar-refractivity contribution in [3.05, 3.63) is 65.7 Å². The Morgan fingerprint density at radius 2 is 1.85 bits per heavy atom. The van der Waals surface area contributed by atoms with Crippen LogP contribution in [-0.4, -0.2) is 32.8 Å². The number of methoxy groups -OCH3 is 1. The van der Waals surface area contributed by atoms with E-state index >= 15 is 0 Å². The smallest absolute Gasteiger partial charge is 0.251 e. The Bertz CT molecular complexity index is 771. The highest BCUT2D eigenvalue weighted by Gasteiger charge is 2.11. The van der Waals surface area contributed by atoms with Crippen LogP contribution in [0.15, 0.2) is 49.1 Å². The van der Waals surface area contributed by atoms with Crippen LogP contribution in [0.3, 0.4) is 0 Å². The molecule has 0 radical (unpaired) electrons. The number of hydrogen-bond acceptors (Lipinski definition) is 4. The average Bonchev–Trinajstić information content (AvgIpc) is 2.64. The number of ether oxygens (including phenoxy) is 3. The van der Waals surface area contributed by atoms with Gasteiger partial charge in [-0.25, -0.2) is 0 Å². The van der Waals surface area contributed by atoms with Crippen molar-refractivity contribution in [3.8, 4) is 17.2 Å². The van der Waals surface area contributed by atoms with E-state index in [-0.39, 0.29) is 5.91 Å². The van der Waals surface area contributed by atoms with E-state index in [1.807, 2.05) is 26.0 Å². The normalized spacial score (nSPS) is 10.1. The van der Waals surface area contributed by atoms with Crippen molar-refractivity contribution < 1.29 is 19.0 Å². The van der Waals surface area contributed by atoms with E-state index in [9.17, 15) is 4.79 Å². The highest BCUT2D eigenvalue weighted by Crippen LogP contribution is 2.28. The van der Waals surface area contributed by atoms with Crippen molar-refractivity contribution in [1.29, 1.82) is 0 Å². The van der Waals surface area contributed by atoms with Gasteiger partial charge in [-0.2, -0.15) is 0 Å². The van der Waals surface area contributed by atoms with Crippen molar-refractivity contribution in [2.24, 2.45) is 0 Å². The molecule has 0 unspecified atom stereocenters.